The minimum absolute atomic E-state index is 0.132. The van der Waals surface area contributed by atoms with E-state index in [4.69, 9.17) is 0 Å². The highest BCUT2D eigenvalue weighted by Gasteiger charge is 2.32. The number of hydrogen-bond donors (Lipinski definition) is 0. The van der Waals surface area contributed by atoms with E-state index in [1.54, 1.807) is 11.6 Å². The van der Waals surface area contributed by atoms with Crippen molar-refractivity contribution in [3.8, 4) is 0 Å². The zero-order chi connectivity index (χ0) is 15.9. The van der Waals surface area contributed by atoms with Gasteiger partial charge in [0.25, 0.3) is 5.56 Å². The van der Waals surface area contributed by atoms with Crippen molar-refractivity contribution in [3.05, 3.63) is 32.1 Å². The maximum atomic E-state index is 12.8. The number of rotatable bonds is 2. The Morgan fingerprint density at radius 3 is 1.80 bits per heavy atom. The summed E-state index contributed by atoms with van der Waals surface area (Å²) in [5.41, 5.74) is 0.705. The molecule has 114 valence electrons. The summed E-state index contributed by atoms with van der Waals surface area (Å²) in [5, 5.41) is 0. The van der Waals surface area contributed by atoms with Crippen LogP contribution in [0.1, 0.15) is 66.1 Å². The highest BCUT2D eigenvalue weighted by Crippen LogP contribution is 2.30. The smallest absolute Gasteiger partial charge is 0.300 e. The molecule has 1 rings (SSSR count). The molecule has 0 bridgehead atoms. The van der Waals surface area contributed by atoms with Crippen LogP contribution in [-0.4, -0.2) is 9.13 Å². The summed E-state index contributed by atoms with van der Waals surface area (Å²) < 4.78 is 3.02. The highest BCUT2D eigenvalue weighted by molar-refractivity contribution is 5.31. The lowest BCUT2D eigenvalue weighted by molar-refractivity contribution is 0.447. The molecule has 0 amide bonds. The Balaban J connectivity index is 3.97. The molecule has 1 aromatic heterocycles. The number of nitrogens with zero attached hydrogens (tertiary/aromatic N) is 2. The van der Waals surface area contributed by atoms with E-state index in [1.165, 1.54) is 4.57 Å². The fourth-order valence-electron chi connectivity index (χ4n) is 2.74. The van der Waals surface area contributed by atoms with Crippen molar-refractivity contribution in [2.45, 2.75) is 72.3 Å². The van der Waals surface area contributed by atoms with Gasteiger partial charge in [0.15, 0.2) is 0 Å². The normalized spacial score (nSPS) is 12.8. The SMILES string of the molecule is CCCn1c(=O)c(C(C)(C)C)c(C(C)(C)C)n(C)c1=O. The van der Waals surface area contributed by atoms with Crippen molar-refractivity contribution in [2.24, 2.45) is 7.05 Å². The van der Waals surface area contributed by atoms with E-state index in [-0.39, 0.29) is 22.1 Å². The van der Waals surface area contributed by atoms with Crippen molar-refractivity contribution >= 4 is 0 Å². The van der Waals surface area contributed by atoms with Crippen molar-refractivity contribution in [2.75, 3.05) is 0 Å². The second kappa shape index (κ2) is 5.23. The minimum Gasteiger partial charge on any atom is -0.300 e. The summed E-state index contributed by atoms with van der Waals surface area (Å²) in [4.78, 5) is 25.2. The summed E-state index contributed by atoms with van der Waals surface area (Å²) >= 11 is 0. The molecule has 4 heteroatoms. The molecule has 0 atom stereocenters. The zero-order valence-corrected chi connectivity index (χ0v) is 14.1. The lowest BCUT2D eigenvalue weighted by atomic mass is 9.78. The maximum Gasteiger partial charge on any atom is 0.330 e. The Hall–Kier alpha value is -1.32. The van der Waals surface area contributed by atoms with Gasteiger partial charge in [0, 0.05) is 30.3 Å². The quantitative estimate of drug-likeness (QED) is 0.835. The standard InChI is InChI=1S/C16H28N2O2/c1-9-10-18-13(19)11(15(2,3)4)12(16(5,6)7)17(8)14(18)20/h9-10H2,1-8H3. The predicted molar refractivity (Wildman–Crippen MR) is 83.6 cm³/mol. The van der Waals surface area contributed by atoms with Crippen molar-refractivity contribution < 1.29 is 0 Å². The van der Waals surface area contributed by atoms with Gasteiger partial charge in [-0.05, 0) is 11.8 Å². The van der Waals surface area contributed by atoms with Gasteiger partial charge in [-0.15, -0.1) is 0 Å². The lowest BCUT2D eigenvalue weighted by Crippen LogP contribution is -2.47. The van der Waals surface area contributed by atoms with Crippen molar-refractivity contribution in [1.82, 2.24) is 9.13 Å². The Labute approximate surface area is 121 Å². The fraction of sp³-hybridized carbons (Fsp3) is 0.750. The van der Waals surface area contributed by atoms with Crippen LogP contribution in [0.3, 0.4) is 0 Å². The molecule has 1 aromatic rings. The summed E-state index contributed by atoms with van der Waals surface area (Å²) in [6.07, 6.45) is 0.771. The van der Waals surface area contributed by atoms with E-state index in [9.17, 15) is 9.59 Å². The van der Waals surface area contributed by atoms with Gasteiger partial charge in [0.2, 0.25) is 0 Å². The van der Waals surface area contributed by atoms with Crippen LogP contribution in [0.4, 0.5) is 0 Å². The molecular weight excluding hydrogens is 252 g/mol. The van der Waals surface area contributed by atoms with E-state index in [0.29, 0.717) is 6.54 Å². The molecule has 1 heterocycles. The molecule has 0 saturated carbocycles. The molecule has 0 fully saturated rings. The van der Waals surface area contributed by atoms with Gasteiger partial charge in [0.05, 0.1) is 0 Å². The number of hydrogen-bond acceptors (Lipinski definition) is 2. The molecule has 0 aliphatic carbocycles. The summed E-state index contributed by atoms with van der Waals surface area (Å²) in [6.45, 7) is 14.7. The summed E-state index contributed by atoms with van der Waals surface area (Å²) in [7, 11) is 1.77. The summed E-state index contributed by atoms with van der Waals surface area (Å²) in [5.74, 6) is 0. The Morgan fingerprint density at radius 2 is 1.45 bits per heavy atom. The zero-order valence-electron chi connectivity index (χ0n) is 14.1. The maximum absolute atomic E-state index is 12.8. The van der Waals surface area contributed by atoms with Gasteiger partial charge >= 0.3 is 5.69 Å². The van der Waals surface area contributed by atoms with Crippen LogP contribution in [0, 0.1) is 0 Å². The molecule has 0 saturated heterocycles. The van der Waals surface area contributed by atoms with Gasteiger partial charge in [-0.2, -0.15) is 0 Å². The Bertz CT molecular complexity index is 608. The third kappa shape index (κ3) is 2.89. The molecule has 0 aromatic carbocycles. The summed E-state index contributed by atoms with van der Waals surface area (Å²) in [6, 6.07) is 0. The average molecular weight is 280 g/mol. The third-order valence-electron chi connectivity index (χ3n) is 3.46. The largest absolute Gasteiger partial charge is 0.330 e. The van der Waals surface area contributed by atoms with Gasteiger partial charge in [-0.1, -0.05) is 48.5 Å². The van der Waals surface area contributed by atoms with Crippen LogP contribution in [0.2, 0.25) is 0 Å². The molecule has 0 spiro atoms. The second-order valence-electron chi connectivity index (χ2n) is 7.52. The van der Waals surface area contributed by atoms with Gasteiger partial charge in [-0.3, -0.25) is 13.9 Å². The lowest BCUT2D eigenvalue weighted by Gasteiger charge is -2.31. The van der Waals surface area contributed by atoms with Crippen molar-refractivity contribution in [1.29, 1.82) is 0 Å². The first kappa shape index (κ1) is 16.7. The Kier molecular flexibility index (Phi) is 4.37. The molecule has 20 heavy (non-hydrogen) atoms. The average Bonchev–Trinajstić information content (AvgIpc) is 2.25. The third-order valence-corrected chi connectivity index (χ3v) is 3.46. The second-order valence-corrected chi connectivity index (χ2v) is 7.52. The van der Waals surface area contributed by atoms with Gasteiger partial charge < -0.3 is 0 Å². The monoisotopic (exact) mass is 280 g/mol. The molecule has 0 N–H and O–H groups in total. The fourth-order valence-corrected chi connectivity index (χ4v) is 2.74. The molecule has 0 aliphatic rings. The Morgan fingerprint density at radius 1 is 0.950 bits per heavy atom. The van der Waals surface area contributed by atoms with Crippen LogP contribution in [-0.2, 0) is 24.4 Å². The number of aromatic nitrogens is 2. The van der Waals surface area contributed by atoms with Crippen LogP contribution >= 0.6 is 0 Å². The topological polar surface area (TPSA) is 44.0 Å². The van der Waals surface area contributed by atoms with E-state index in [1.807, 2.05) is 48.5 Å². The van der Waals surface area contributed by atoms with E-state index in [0.717, 1.165) is 17.7 Å². The van der Waals surface area contributed by atoms with Crippen LogP contribution in [0.5, 0.6) is 0 Å². The van der Waals surface area contributed by atoms with E-state index < -0.39 is 0 Å². The van der Waals surface area contributed by atoms with Crippen LogP contribution in [0.25, 0.3) is 0 Å². The molecule has 0 radical (unpaired) electrons. The highest BCUT2D eigenvalue weighted by atomic mass is 16.2. The molecule has 0 aliphatic heterocycles. The minimum atomic E-state index is -0.291. The first-order valence-corrected chi connectivity index (χ1v) is 7.27. The van der Waals surface area contributed by atoms with Gasteiger partial charge in [-0.25, -0.2) is 4.79 Å². The van der Waals surface area contributed by atoms with Crippen LogP contribution < -0.4 is 11.2 Å². The van der Waals surface area contributed by atoms with Crippen LogP contribution in [0.15, 0.2) is 9.59 Å². The van der Waals surface area contributed by atoms with Crippen molar-refractivity contribution in [3.63, 3.8) is 0 Å². The van der Waals surface area contributed by atoms with Gasteiger partial charge in [0.1, 0.15) is 0 Å². The molecule has 0 unspecified atom stereocenters. The first-order valence-electron chi connectivity index (χ1n) is 7.27. The molecular formula is C16H28N2O2. The molecule has 4 nitrogen and oxygen atoms in total. The predicted octanol–water partition coefficient (Wildman–Crippen LogP) is 2.55. The van der Waals surface area contributed by atoms with E-state index in [2.05, 4.69) is 0 Å². The first-order chi connectivity index (χ1) is 8.92. The van der Waals surface area contributed by atoms with E-state index >= 15 is 0 Å².